The van der Waals surface area contributed by atoms with Gasteiger partial charge in [-0.05, 0) is 25.0 Å². The van der Waals surface area contributed by atoms with Gasteiger partial charge in [-0.15, -0.1) is 0 Å². The predicted octanol–water partition coefficient (Wildman–Crippen LogP) is 1.59. The van der Waals surface area contributed by atoms with Crippen molar-refractivity contribution in [3.8, 4) is 5.75 Å². The van der Waals surface area contributed by atoms with Crippen molar-refractivity contribution < 1.29 is 24.5 Å². The van der Waals surface area contributed by atoms with Gasteiger partial charge < -0.3 is 14.9 Å². The fraction of sp³-hybridized carbons (Fsp3) is 0.333. The van der Waals surface area contributed by atoms with Gasteiger partial charge >= 0.3 is 11.9 Å². The summed E-state index contributed by atoms with van der Waals surface area (Å²) in [5.74, 6) is -1.78. The molecular formula is C12H14O5. The molecule has 0 saturated carbocycles. The lowest BCUT2D eigenvalue weighted by Gasteiger charge is -2.09. The van der Waals surface area contributed by atoms with Crippen LogP contribution in [0.2, 0.25) is 0 Å². The maximum Gasteiger partial charge on any atom is 0.342 e. The van der Waals surface area contributed by atoms with Crippen LogP contribution in [0.3, 0.4) is 0 Å². The van der Waals surface area contributed by atoms with Crippen LogP contribution in [0.1, 0.15) is 29.3 Å². The molecule has 0 bridgehead atoms. The highest BCUT2D eigenvalue weighted by molar-refractivity contribution is 5.94. The van der Waals surface area contributed by atoms with E-state index in [1.807, 2.05) is 0 Å². The van der Waals surface area contributed by atoms with Gasteiger partial charge in [0, 0.05) is 6.42 Å². The normalized spacial score (nSPS) is 9.94. The number of carboxylic acid groups (broad SMARTS) is 1. The number of ether oxygens (including phenoxy) is 1. The van der Waals surface area contributed by atoms with Gasteiger partial charge in [-0.25, -0.2) is 4.79 Å². The maximum atomic E-state index is 11.6. The third-order valence-corrected chi connectivity index (χ3v) is 2.22. The standard InChI is InChI=1S/C12H14O5/c1-2-17-12(16)11-8(6-7-10(14)15)4-3-5-9(11)13/h3-5,13H,2,6-7H2,1H3,(H,14,15). The first-order valence-electron chi connectivity index (χ1n) is 5.26. The van der Waals surface area contributed by atoms with Crippen LogP contribution in [0.5, 0.6) is 5.75 Å². The number of hydrogen-bond acceptors (Lipinski definition) is 4. The number of aryl methyl sites for hydroxylation is 1. The Labute approximate surface area is 98.6 Å². The number of phenolic OH excluding ortho intramolecular Hbond substituents is 1. The van der Waals surface area contributed by atoms with E-state index in [1.54, 1.807) is 19.1 Å². The van der Waals surface area contributed by atoms with Crippen molar-refractivity contribution in [2.75, 3.05) is 6.61 Å². The van der Waals surface area contributed by atoms with E-state index >= 15 is 0 Å². The van der Waals surface area contributed by atoms with E-state index in [2.05, 4.69) is 0 Å². The van der Waals surface area contributed by atoms with E-state index in [0.717, 1.165) is 0 Å². The number of carbonyl (C=O) groups is 2. The van der Waals surface area contributed by atoms with Crippen LogP contribution in [0.4, 0.5) is 0 Å². The van der Waals surface area contributed by atoms with Crippen LogP contribution in [0.15, 0.2) is 18.2 Å². The topological polar surface area (TPSA) is 83.8 Å². The number of carboxylic acids is 1. The Hall–Kier alpha value is -2.04. The van der Waals surface area contributed by atoms with Crippen LogP contribution in [-0.2, 0) is 16.0 Å². The molecule has 2 N–H and O–H groups in total. The first-order valence-corrected chi connectivity index (χ1v) is 5.26. The summed E-state index contributed by atoms with van der Waals surface area (Å²) in [5.41, 5.74) is 0.529. The number of rotatable bonds is 5. The Morgan fingerprint density at radius 1 is 1.35 bits per heavy atom. The molecular weight excluding hydrogens is 224 g/mol. The van der Waals surface area contributed by atoms with Gasteiger partial charge in [0.15, 0.2) is 0 Å². The molecule has 0 atom stereocenters. The monoisotopic (exact) mass is 238 g/mol. The number of aliphatic carboxylic acids is 1. The minimum atomic E-state index is -0.955. The zero-order valence-corrected chi connectivity index (χ0v) is 9.47. The summed E-state index contributed by atoms with van der Waals surface area (Å²) in [5, 5.41) is 18.2. The quantitative estimate of drug-likeness (QED) is 0.761. The molecule has 0 radical (unpaired) electrons. The lowest BCUT2D eigenvalue weighted by molar-refractivity contribution is -0.136. The summed E-state index contributed by atoms with van der Waals surface area (Å²) < 4.78 is 4.81. The third kappa shape index (κ3) is 3.48. The summed E-state index contributed by atoms with van der Waals surface area (Å²) in [6.07, 6.45) is 0.0771. The van der Waals surface area contributed by atoms with Crippen LogP contribution < -0.4 is 0 Å². The van der Waals surface area contributed by atoms with Gasteiger partial charge in [-0.3, -0.25) is 4.79 Å². The third-order valence-electron chi connectivity index (χ3n) is 2.22. The van der Waals surface area contributed by atoms with Gasteiger partial charge in [0.25, 0.3) is 0 Å². The molecule has 5 heteroatoms. The van der Waals surface area contributed by atoms with E-state index in [0.29, 0.717) is 5.56 Å². The molecule has 0 aromatic heterocycles. The molecule has 0 heterocycles. The molecule has 0 fully saturated rings. The summed E-state index contributed by atoms with van der Waals surface area (Å²) in [4.78, 5) is 22.1. The second kappa shape index (κ2) is 5.89. The van der Waals surface area contributed by atoms with Crippen LogP contribution >= 0.6 is 0 Å². The predicted molar refractivity (Wildman–Crippen MR) is 60.0 cm³/mol. The second-order valence-corrected chi connectivity index (χ2v) is 3.43. The van der Waals surface area contributed by atoms with E-state index in [1.165, 1.54) is 6.07 Å². The minimum absolute atomic E-state index is 0.0515. The van der Waals surface area contributed by atoms with Crippen molar-refractivity contribution in [3.05, 3.63) is 29.3 Å². The zero-order valence-electron chi connectivity index (χ0n) is 9.47. The van der Waals surface area contributed by atoms with Crippen molar-refractivity contribution in [2.24, 2.45) is 0 Å². The smallest absolute Gasteiger partial charge is 0.342 e. The Morgan fingerprint density at radius 2 is 2.06 bits per heavy atom. The molecule has 92 valence electrons. The van der Waals surface area contributed by atoms with E-state index < -0.39 is 11.9 Å². The molecule has 1 rings (SSSR count). The average molecular weight is 238 g/mol. The minimum Gasteiger partial charge on any atom is -0.507 e. The largest absolute Gasteiger partial charge is 0.507 e. The Bertz CT molecular complexity index is 425. The molecule has 0 saturated heterocycles. The highest BCUT2D eigenvalue weighted by atomic mass is 16.5. The summed E-state index contributed by atoms with van der Waals surface area (Å²) >= 11 is 0. The van der Waals surface area contributed by atoms with Gasteiger partial charge in [0.2, 0.25) is 0 Å². The van der Waals surface area contributed by atoms with Gasteiger partial charge in [0.1, 0.15) is 11.3 Å². The molecule has 0 spiro atoms. The van der Waals surface area contributed by atoms with Crippen molar-refractivity contribution in [2.45, 2.75) is 19.8 Å². The number of phenols is 1. The molecule has 0 amide bonds. The van der Waals surface area contributed by atoms with Crippen LogP contribution in [-0.4, -0.2) is 28.8 Å². The fourth-order valence-corrected chi connectivity index (χ4v) is 1.48. The number of benzene rings is 1. The fourth-order valence-electron chi connectivity index (χ4n) is 1.48. The summed E-state index contributed by atoms with van der Waals surface area (Å²) in [6.45, 7) is 1.86. The van der Waals surface area contributed by atoms with Crippen LogP contribution in [0, 0.1) is 0 Å². The Balaban J connectivity index is 2.99. The van der Waals surface area contributed by atoms with E-state index in [4.69, 9.17) is 9.84 Å². The molecule has 0 aliphatic rings. The Morgan fingerprint density at radius 3 is 2.65 bits per heavy atom. The lowest BCUT2D eigenvalue weighted by Crippen LogP contribution is -2.09. The maximum absolute atomic E-state index is 11.6. The molecule has 1 aromatic carbocycles. The first-order chi connectivity index (χ1) is 8.06. The van der Waals surface area contributed by atoms with Gasteiger partial charge in [-0.1, -0.05) is 12.1 Å². The zero-order chi connectivity index (χ0) is 12.8. The molecule has 5 nitrogen and oxygen atoms in total. The molecule has 17 heavy (non-hydrogen) atoms. The number of aromatic hydroxyl groups is 1. The highest BCUT2D eigenvalue weighted by Gasteiger charge is 2.17. The summed E-state index contributed by atoms with van der Waals surface area (Å²) in [7, 11) is 0. The molecule has 0 aliphatic heterocycles. The Kier molecular flexibility index (Phi) is 4.51. The second-order valence-electron chi connectivity index (χ2n) is 3.43. The average Bonchev–Trinajstić information content (AvgIpc) is 2.26. The highest BCUT2D eigenvalue weighted by Crippen LogP contribution is 2.23. The molecule has 1 aromatic rings. The van der Waals surface area contributed by atoms with E-state index in [-0.39, 0.29) is 30.8 Å². The SMILES string of the molecule is CCOC(=O)c1c(O)cccc1CCC(=O)O. The van der Waals surface area contributed by atoms with Gasteiger partial charge in [0.05, 0.1) is 6.61 Å². The lowest BCUT2D eigenvalue weighted by atomic mass is 10.0. The van der Waals surface area contributed by atoms with Crippen LogP contribution in [0.25, 0.3) is 0 Å². The number of carbonyl (C=O) groups excluding carboxylic acids is 1. The number of esters is 1. The van der Waals surface area contributed by atoms with E-state index in [9.17, 15) is 14.7 Å². The van der Waals surface area contributed by atoms with Crippen molar-refractivity contribution >= 4 is 11.9 Å². The van der Waals surface area contributed by atoms with Crippen molar-refractivity contribution in [1.82, 2.24) is 0 Å². The number of hydrogen-bond donors (Lipinski definition) is 2. The summed E-state index contributed by atoms with van der Waals surface area (Å²) in [6, 6.07) is 4.54. The van der Waals surface area contributed by atoms with Gasteiger partial charge in [-0.2, -0.15) is 0 Å². The first kappa shape index (κ1) is 13.0. The van der Waals surface area contributed by atoms with Crippen molar-refractivity contribution in [1.29, 1.82) is 0 Å². The molecule has 0 aliphatic carbocycles. The van der Waals surface area contributed by atoms with Crippen molar-refractivity contribution in [3.63, 3.8) is 0 Å². The molecule has 0 unspecified atom stereocenters.